The molecule has 1 aromatic heterocycles. The van der Waals surface area contributed by atoms with Crippen molar-refractivity contribution in [2.24, 2.45) is 0 Å². The standard InChI is InChI=1S/C15H19N3O/c1-2-14(15(19)10-6-3-7-11-15)18-13-9-5-4-8-12(13)16-17-18/h2,4-5,8-9,19H,3,6-7,10-11H2,1H3/b14-2+. The van der Waals surface area contributed by atoms with Crippen molar-refractivity contribution in [3.63, 3.8) is 0 Å². The van der Waals surface area contributed by atoms with Crippen LogP contribution >= 0.6 is 0 Å². The summed E-state index contributed by atoms with van der Waals surface area (Å²) in [5.41, 5.74) is 1.92. The third-order valence-electron chi connectivity index (χ3n) is 4.01. The number of para-hydroxylation sites is 1. The van der Waals surface area contributed by atoms with Gasteiger partial charge in [-0.25, -0.2) is 4.68 Å². The number of hydrogen-bond acceptors (Lipinski definition) is 3. The third kappa shape index (κ3) is 2.06. The second-order valence-electron chi connectivity index (χ2n) is 5.26. The average molecular weight is 257 g/mol. The van der Waals surface area contributed by atoms with Gasteiger partial charge in [0.15, 0.2) is 0 Å². The number of rotatable bonds is 2. The Bertz CT molecular complexity index is 609. The molecule has 100 valence electrons. The maximum Gasteiger partial charge on any atom is 0.113 e. The molecule has 0 spiro atoms. The van der Waals surface area contributed by atoms with Crippen molar-refractivity contribution in [2.45, 2.75) is 44.6 Å². The Hall–Kier alpha value is -1.68. The number of nitrogens with zero attached hydrogens (tertiary/aromatic N) is 3. The minimum atomic E-state index is -0.760. The quantitative estimate of drug-likeness (QED) is 0.899. The Morgan fingerprint density at radius 1 is 1.26 bits per heavy atom. The van der Waals surface area contributed by atoms with E-state index in [0.29, 0.717) is 0 Å². The number of aromatic nitrogens is 3. The van der Waals surface area contributed by atoms with E-state index in [0.717, 1.165) is 42.4 Å². The number of fused-ring (bicyclic) bond motifs is 1. The molecule has 0 saturated heterocycles. The normalized spacial score (nSPS) is 19.8. The molecule has 1 saturated carbocycles. The van der Waals surface area contributed by atoms with E-state index in [1.54, 1.807) is 4.68 Å². The third-order valence-corrected chi connectivity index (χ3v) is 4.01. The van der Waals surface area contributed by atoms with Gasteiger partial charge in [-0.1, -0.05) is 42.7 Å². The molecule has 1 aromatic carbocycles. The lowest BCUT2D eigenvalue weighted by atomic mass is 9.82. The lowest BCUT2D eigenvalue weighted by Gasteiger charge is -2.34. The first-order valence-corrected chi connectivity index (χ1v) is 6.94. The average Bonchev–Trinajstić information content (AvgIpc) is 2.84. The van der Waals surface area contributed by atoms with E-state index in [4.69, 9.17) is 0 Å². The maximum atomic E-state index is 10.9. The molecule has 0 atom stereocenters. The van der Waals surface area contributed by atoms with Crippen molar-refractivity contribution in [2.75, 3.05) is 0 Å². The van der Waals surface area contributed by atoms with Crippen LogP contribution in [0.15, 0.2) is 30.3 Å². The molecule has 1 aliphatic rings. The van der Waals surface area contributed by atoms with Crippen LogP contribution in [-0.2, 0) is 0 Å². The summed E-state index contributed by atoms with van der Waals surface area (Å²) in [4.78, 5) is 0. The fourth-order valence-corrected chi connectivity index (χ4v) is 3.03. The van der Waals surface area contributed by atoms with Crippen LogP contribution in [0.4, 0.5) is 0 Å². The van der Waals surface area contributed by atoms with E-state index >= 15 is 0 Å². The Labute approximate surface area is 112 Å². The largest absolute Gasteiger partial charge is 0.384 e. The first-order valence-electron chi connectivity index (χ1n) is 6.94. The van der Waals surface area contributed by atoms with Gasteiger partial charge >= 0.3 is 0 Å². The van der Waals surface area contributed by atoms with E-state index in [1.807, 2.05) is 37.3 Å². The predicted octanol–water partition coefficient (Wildman–Crippen LogP) is 2.99. The van der Waals surface area contributed by atoms with Gasteiger partial charge in [-0.3, -0.25) is 0 Å². The van der Waals surface area contributed by atoms with E-state index in [9.17, 15) is 5.11 Å². The number of hydrogen-bond donors (Lipinski definition) is 1. The SMILES string of the molecule is C/C=C(/n1nnc2ccccc21)C1(O)CCCCC1. The summed E-state index contributed by atoms with van der Waals surface area (Å²) in [7, 11) is 0. The van der Waals surface area contributed by atoms with E-state index in [-0.39, 0.29) is 0 Å². The molecule has 4 heteroatoms. The van der Waals surface area contributed by atoms with Crippen LogP contribution in [0.2, 0.25) is 0 Å². The fourth-order valence-electron chi connectivity index (χ4n) is 3.03. The molecular weight excluding hydrogens is 238 g/mol. The molecule has 2 aromatic rings. The summed E-state index contributed by atoms with van der Waals surface area (Å²) in [5.74, 6) is 0. The Kier molecular flexibility index (Phi) is 3.11. The molecule has 1 aliphatic carbocycles. The van der Waals surface area contributed by atoms with Crippen LogP contribution in [0.5, 0.6) is 0 Å². The van der Waals surface area contributed by atoms with Gasteiger partial charge < -0.3 is 5.11 Å². The van der Waals surface area contributed by atoms with Crippen molar-refractivity contribution in [1.82, 2.24) is 15.0 Å². The van der Waals surface area contributed by atoms with Gasteiger partial charge in [0.2, 0.25) is 0 Å². The first-order chi connectivity index (χ1) is 9.24. The molecule has 0 aliphatic heterocycles. The van der Waals surface area contributed by atoms with Gasteiger partial charge in [0, 0.05) is 0 Å². The number of allylic oxidation sites excluding steroid dienone is 1. The smallest absolute Gasteiger partial charge is 0.113 e. The fraction of sp³-hybridized carbons (Fsp3) is 0.467. The maximum absolute atomic E-state index is 10.9. The van der Waals surface area contributed by atoms with Crippen molar-refractivity contribution in [3.05, 3.63) is 30.3 Å². The highest BCUT2D eigenvalue weighted by molar-refractivity contribution is 5.78. The number of aliphatic hydroxyl groups is 1. The van der Waals surface area contributed by atoms with Crippen LogP contribution in [0.3, 0.4) is 0 Å². The van der Waals surface area contributed by atoms with Crippen LogP contribution in [0, 0.1) is 0 Å². The molecule has 19 heavy (non-hydrogen) atoms. The summed E-state index contributed by atoms with van der Waals surface area (Å²) in [5, 5.41) is 19.3. The molecule has 0 bridgehead atoms. The van der Waals surface area contributed by atoms with Crippen LogP contribution < -0.4 is 0 Å². The summed E-state index contributed by atoms with van der Waals surface area (Å²) in [6, 6.07) is 7.86. The minimum Gasteiger partial charge on any atom is -0.384 e. The van der Waals surface area contributed by atoms with Gasteiger partial charge in [-0.05, 0) is 31.9 Å². The second-order valence-corrected chi connectivity index (χ2v) is 5.26. The highest BCUT2D eigenvalue weighted by atomic mass is 16.3. The Morgan fingerprint density at radius 2 is 2.00 bits per heavy atom. The van der Waals surface area contributed by atoms with Crippen molar-refractivity contribution in [3.8, 4) is 0 Å². The molecule has 1 N–H and O–H groups in total. The van der Waals surface area contributed by atoms with Gasteiger partial charge in [0.25, 0.3) is 0 Å². The van der Waals surface area contributed by atoms with Crippen LogP contribution in [0.1, 0.15) is 39.0 Å². The van der Waals surface area contributed by atoms with Crippen molar-refractivity contribution >= 4 is 16.7 Å². The molecule has 0 radical (unpaired) electrons. The predicted molar refractivity (Wildman–Crippen MR) is 75.5 cm³/mol. The zero-order chi connectivity index (χ0) is 13.3. The molecule has 0 amide bonds. The van der Waals surface area contributed by atoms with Crippen molar-refractivity contribution < 1.29 is 5.11 Å². The molecular formula is C15H19N3O. The van der Waals surface area contributed by atoms with Gasteiger partial charge in [-0.15, -0.1) is 5.10 Å². The molecule has 3 rings (SSSR count). The summed E-state index contributed by atoms with van der Waals surface area (Å²) in [6.45, 7) is 1.96. The van der Waals surface area contributed by atoms with Crippen LogP contribution in [0.25, 0.3) is 16.7 Å². The topological polar surface area (TPSA) is 50.9 Å². The molecule has 1 fully saturated rings. The van der Waals surface area contributed by atoms with Gasteiger partial charge in [0.05, 0.1) is 11.2 Å². The highest BCUT2D eigenvalue weighted by Gasteiger charge is 2.35. The van der Waals surface area contributed by atoms with Gasteiger partial charge in [-0.2, -0.15) is 0 Å². The highest BCUT2D eigenvalue weighted by Crippen LogP contribution is 2.37. The zero-order valence-corrected chi connectivity index (χ0v) is 11.2. The Morgan fingerprint density at radius 3 is 2.74 bits per heavy atom. The van der Waals surface area contributed by atoms with E-state index in [2.05, 4.69) is 10.3 Å². The summed E-state index contributed by atoms with van der Waals surface area (Å²) < 4.78 is 1.79. The first kappa shape index (κ1) is 12.4. The van der Waals surface area contributed by atoms with Crippen molar-refractivity contribution in [1.29, 1.82) is 0 Å². The molecule has 4 nitrogen and oxygen atoms in total. The van der Waals surface area contributed by atoms with Gasteiger partial charge in [0.1, 0.15) is 11.1 Å². The summed E-state index contributed by atoms with van der Waals surface area (Å²) >= 11 is 0. The van der Waals surface area contributed by atoms with E-state index in [1.165, 1.54) is 6.42 Å². The monoisotopic (exact) mass is 257 g/mol. The second kappa shape index (κ2) is 4.78. The van der Waals surface area contributed by atoms with Crippen LogP contribution in [-0.4, -0.2) is 25.7 Å². The molecule has 0 unspecified atom stereocenters. The number of benzene rings is 1. The molecule has 1 heterocycles. The summed E-state index contributed by atoms with van der Waals surface area (Å²) in [6.07, 6.45) is 6.92. The lowest BCUT2D eigenvalue weighted by Crippen LogP contribution is -2.35. The lowest BCUT2D eigenvalue weighted by molar-refractivity contribution is 0.0553. The Balaban J connectivity index is 2.08. The van der Waals surface area contributed by atoms with E-state index < -0.39 is 5.60 Å². The zero-order valence-electron chi connectivity index (χ0n) is 11.2. The minimum absolute atomic E-state index is 0.760.